The van der Waals surface area contributed by atoms with Crippen molar-refractivity contribution in [3.8, 4) is 22.3 Å². The van der Waals surface area contributed by atoms with Gasteiger partial charge in [0.1, 0.15) is 50.3 Å². The van der Waals surface area contributed by atoms with E-state index in [9.17, 15) is 28.0 Å². The minimum Gasteiger partial charge on any atom is -0.447 e. The molecule has 70 heavy (non-hydrogen) atoms. The minimum atomic E-state index is -0.819. The average Bonchev–Trinajstić information content (AvgIpc) is 4.19. The zero-order valence-electron chi connectivity index (χ0n) is 40.3. The van der Waals surface area contributed by atoms with Crippen molar-refractivity contribution in [2.24, 2.45) is 11.8 Å². The number of nitrogens with one attached hydrogen (secondary N) is 4. The van der Waals surface area contributed by atoms with Gasteiger partial charge >= 0.3 is 12.2 Å². The summed E-state index contributed by atoms with van der Waals surface area (Å²) in [6.07, 6.45) is 4.77. The molecule has 0 unspecified atom stereocenters. The number of nitrogens with zero attached hydrogens (tertiary/aromatic N) is 4. The third-order valence-electron chi connectivity index (χ3n) is 14.1. The maximum Gasteiger partial charge on any atom is 0.407 e. The fourth-order valence-corrected chi connectivity index (χ4v) is 10.4. The first kappa shape index (κ1) is 48.2. The maximum atomic E-state index is 13.9. The van der Waals surface area contributed by atoms with Crippen molar-refractivity contribution in [3.63, 3.8) is 0 Å². The third kappa shape index (κ3) is 10.2. The second-order valence-corrected chi connectivity index (χ2v) is 19.5. The summed E-state index contributed by atoms with van der Waals surface area (Å²) in [7, 11) is 0. The molecule has 2 aliphatic heterocycles. The number of ether oxygens (including phenoxy) is 2. The Balaban J connectivity index is 0.920. The Morgan fingerprint density at radius 2 is 1.04 bits per heavy atom. The lowest BCUT2D eigenvalue weighted by Crippen LogP contribution is -2.51. The average molecular weight is 957 g/mol. The van der Waals surface area contributed by atoms with Gasteiger partial charge in [0.15, 0.2) is 0 Å². The van der Waals surface area contributed by atoms with Crippen LogP contribution in [0.3, 0.4) is 0 Å². The molecule has 0 spiro atoms. The van der Waals surface area contributed by atoms with Crippen LogP contribution in [0.2, 0.25) is 0 Å². The molecule has 4 aliphatic carbocycles. The van der Waals surface area contributed by atoms with Crippen molar-refractivity contribution in [1.29, 1.82) is 0 Å². The van der Waals surface area contributed by atoms with E-state index in [-0.39, 0.29) is 48.9 Å². The van der Waals surface area contributed by atoms with Crippen LogP contribution in [0.1, 0.15) is 99.4 Å². The number of aromatic amines is 2. The molecule has 4 heterocycles. The molecule has 4 amide bonds. The molecular formula is C54H62F2N8O6. The fourth-order valence-electron chi connectivity index (χ4n) is 10.4. The number of alkyl halides is 2. The molecule has 4 N–H and O–H groups in total. The quantitative estimate of drug-likeness (QED) is 0.0836. The van der Waals surface area contributed by atoms with Crippen LogP contribution in [0, 0.1) is 11.8 Å². The number of amides is 4. The minimum absolute atomic E-state index is 0.208. The SMILES string of the molecule is CC(C)[C@H](NC(=O)OCCF)C(=O)N1CCC[C@H]1c1nc2cc(-c3cc4ccc3CCc3ccc(c(-c5ccc6[nH]c([C@@H]7CCCN7C(=O)[C@@H](NC(=O)OCCF)C(C)C)nc6c5)c3)CC4)ccc2[nH]1. The number of imidazole rings is 2. The molecule has 14 nitrogen and oxygen atoms in total. The molecule has 12 rings (SSSR count). The Bertz CT molecular complexity index is 2700. The Morgan fingerprint density at radius 1 is 0.614 bits per heavy atom. The lowest BCUT2D eigenvalue weighted by atomic mass is 9.87. The normalized spacial score (nSPS) is 17.8. The Morgan fingerprint density at radius 3 is 1.44 bits per heavy atom. The summed E-state index contributed by atoms with van der Waals surface area (Å²) in [6, 6.07) is 24.1. The van der Waals surface area contributed by atoms with E-state index in [2.05, 4.69) is 93.4 Å². The number of halogens is 2. The van der Waals surface area contributed by atoms with Crippen molar-refractivity contribution in [3.05, 3.63) is 107 Å². The highest BCUT2D eigenvalue weighted by molar-refractivity contribution is 5.89. The Hall–Kier alpha value is -6.84. The number of carbonyl (C=O) groups is 4. The number of alkyl carbamates (subject to hydrolysis) is 2. The molecule has 6 aromatic rings. The summed E-state index contributed by atoms with van der Waals surface area (Å²) in [6.45, 7) is 6.19. The number of likely N-dealkylation sites (tertiary alicyclic amines) is 2. The van der Waals surface area contributed by atoms with Crippen LogP contribution < -0.4 is 10.6 Å². The summed E-state index contributed by atoms with van der Waals surface area (Å²) in [5, 5.41) is 5.31. The topological polar surface area (TPSA) is 175 Å². The summed E-state index contributed by atoms with van der Waals surface area (Å²) >= 11 is 0. The van der Waals surface area contributed by atoms with Gasteiger partial charge in [0, 0.05) is 13.1 Å². The molecule has 6 aliphatic rings. The smallest absolute Gasteiger partial charge is 0.407 e. The van der Waals surface area contributed by atoms with Crippen molar-refractivity contribution in [2.45, 2.75) is 103 Å². The highest BCUT2D eigenvalue weighted by Crippen LogP contribution is 2.37. The predicted octanol–water partition coefficient (Wildman–Crippen LogP) is 9.42. The molecule has 2 fully saturated rings. The fraction of sp³-hybridized carbons (Fsp3) is 0.444. The van der Waals surface area contributed by atoms with Crippen LogP contribution in [-0.4, -0.2) is 105 Å². The number of benzene rings is 4. The van der Waals surface area contributed by atoms with E-state index in [4.69, 9.17) is 19.4 Å². The number of fused-ring (bicyclic) bond motifs is 2. The summed E-state index contributed by atoms with van der Waals surface area (Å²) < 4.78 is 35.1. The lowest BCUT2D eigenvalue weighted by Gasteiger charge is -2.30. The van der Waals surface area contributed by atoms with Crippen molar-refractivity contribution >= 4 is 46.1 Å². The van der Waals surface area contributed by atoms with Crippen molar-refractivity contribution in [2.75, 3.05) is 39.7 Å². The highest BCUT2D eigenvalue weighted by Gasteiger charge is 2.39. The molecule has 4 bridgehead atoms. The number of aromatic nitrogens is 4. The zero-order valence-corrected chi connectivity index (χ0v) is 40.3. The van der Waals surface area contributed by atoms with Crippen LogP contribution >= 0.6 is 0 Å². The van der Waals surface area contributed by atoms with Crippen LogP contribution in [0.4, 0.5) is 18.4 Å². The number of H-pyrrole nitrogens is 2. The van der Waals surface area contributed by atoms with Gasteiger partial charge in [-0.1, -0.05) is 76.2 Å². The summed E-state index contributed by atoms with van der Waals surface area (Å²) in [4.78, 5) is 73.1. The summed E-state index contributed by atoms with van der Waals surface area (Å²) in [5.41, 5.74) is 12.8. The first-order chi connectivity index (χ1) is 33.9. The number of carbonyl (C=O) groups excluding carboxylic acids is 4. The van der Waals surface area contributed by atoms with Crippen LogP contribution in [0.15, 0.2) is 72.8 Å². The molecule has 0 radical (unpaired) electrons. The Kier molecular flexibility index (Phi) is 14.5. The van der Waals surface area contributed by atoms with Crippen LogP contribution in [-0.2, 0) is 44.7 Å². The van der Waals surface area contributed by atoms with E-state index in [0.29, 0.717) is 24.7 Å². The molecule has 4 atom stereocenters. The zero-order chi connectivity index (χ0) is 49.1. The van der Waals surface area contributed by atoms with E-state index in [1.807, 2.05) is 27.7 Å². The van der Waals surface area contributed by atoms with Gasteiger partial charge in [-0.2, -0.15) is 0 Å². The molecule has 4 aromatic carbocycles. The molecule has 2 saturated heterocycles. The van der Waals surface area contributed by atoms with Gasteiger partial charge in [-0.05, 0) is 132 Å². The second-order valence-electron chi connectivity index (χ2n) is 19.5. The number of aryl methyl sites for hydroxylation is 4. The van der Waals surface area contributed by atoms with Gasteiger partial charge in [-0.25, -0.2) is 28.3 Å². The van der Waals surface area contributed by atoms with Gasteiger partial charge in [0.2, 0.25) is 11.8 Å². The highest BCUT2D eigenvalue weighted by atomic mass is 19.1. The largest absolute Gasteiger partial charge is 0.447 e. The standard InChI is InChI=1S/C54H62F2N8O6/c1-31(2)47(61-53(67)69-25-21-55)51(65)63-23-5-7-45(63)49-57-41-19-17-37(29-43(41)59-49)39-27-33-9-13-35(39)15-11-34-10-14-36(16-12-33)40(28-34)38-18-20-42-44(30-38)60-50(58-42)46-8-6-24-64(46)52(66)48(32(3)4)62-54(68)70-26-22-56/h9-10,13-14,17-20,27-32,45-48H,5-8,11-12,15-16,21-26H2,1-4H3,(H,57,59)(H,58,60)(H,61,67)(H,62,68)/t45-,46-,47-,48-/m0/s1. The van der Waals surface area contributed by atoms with Gasteiger partial charge in [0.05, 0.1) is 34.2 Å². The monoisotopic (exact) mass is 956 g/mol. The van der Waals surface area contributed by atoms with Crippen molar-refractivity contribution in [1.82, 2.24) is 40.4 Å². The van der Waals surface area contributed by atoms with Gasteiger partial charge < -0.3 is 39.9 Å². The van der Waals surface area contributed by atoms with Crippen LogP contribution in [0.5, 0.6) is 0 Å². The Labute approximate surface area is 406 Å². The van der Waals surface area contributed by atoms with Gasteiger partial charge in [0.25, 0.3) is 0 Å². The number of rotatable bonds is 14. The molecule has 0 saturated carbocycles. The van der Waals surface area contributed by atoms with E-state index in [1.54, 1.807) is 9.80 Å². The first-order valence-corrected chi connectivity index (χ1v) is 24.7. The predicted molar refractivity (Wildman–Crippen MR) is 263 cm³/mol. The van der Waals surface area contributed by atoms with E-state index < -0.39 is 37.6 Å². The molecule has 368 valence electrons. The first-order valence-electron chi connectivity index (χ1n) is 24.7. The third-order valence-corrected chi connectivity index (χ3v) is 14.1. The maximum absolute atomic E-state index is 13.9. The van der Waals surface area contributed by atoms with Crippen LogP contribution in [0.25, 0.3) is 44.3 Å². The van der Waals surface area contributed by atoms with Gasteiger partial charge in [-0.3, -0.25) is 9.59 Å². The van der Waals surface area contributed by atoms with Gasteiger partial charge in [-0.15, -0.1) is 0 Å². The molecule has 16 heteroatoms. The number of hydrogen-bond donors (Lipinski definition) is 4. The van der Waals surface area contributed by atoms with E-state index in [0.717, 1.165) is 84.6 Å². The second kappa shape index (κ2) is 21.0. The number of hydrogen-bond acceptors (Lipinski definition) is 8. The molecule has 2 aromatic heterocycles. The van der Waals surface area contributed by atoms with E-state index in [1.165, 1.54) is 33.4 Å². The van der Waals surface area contributed by atoms with E-state index >= 15 is 0 Å². The summed E-state index contributed by atoms with van der Waals surface area (Å²) in [5.74, 6) is 0.567. The lowest BCUT2D eigenvalue weighted by molar-refractivity contribution is -0.136. The molecular weight excluding hydrogens is 895 g/mol. The van der Waals surface area contributed by atoms with Crippen molar-refractivity contribution < 1.29 is 37.4 Å².